The van der Waals surface area contributed by atoms with Crippen LogP contribution in [0.3, 0.4) is 0 Å². The fourth-order valence-corrected chi connectivity index (χ4v) is 2.96. The molecule has 26 heavy (non-hydrogen) atoms. The van der Waals surface area contributed by atoms with Gasteiger partial charge in [0.2, 0.25) is 0 Å². The maximum atomic E-state index is 13.9. The van der Waals surface area contributed by atoms with Crippen LogP contribution in [0.2, 0.25) is 0 Å². The number of hydrogen-bond acceptors (Lipinski definition) is 3. The Hall–Kier alpha value is -2.28. The second-order valence-electron chi connectivity index (χ2n) is 5.98. The van der Waals surface area contributed by atoms with Crippen molar-refractivity contribution in [1.29, 1.82) is 0 Å². The van der Waals surface area contributed by atoms with Crippen molar-refractivity contribution < 1.29 is 13.5 Å². The number of halogens is 3. The average Bonchev–Trinajstić information content (AvgIpc) is 3.12. The molecule has 0 spiro atoms. The van der Waals surface area contributed by atoms with Gasteiger partial charge in [-0.1, -0.05) is 24.3 Å². The lowest BCUT2D eigenvalue weighted by Crippen LogP contribution is -2.33. The van der Waals surface area contributed by atoms with E-state index in [1.165, 1.54) is 12.1 Å². The number of hydrogen-bond donors (Lipinski definition) is 2. The van der Waals surface area contributed by atoms with Gasteiger partial charge in [-0.25, -0.2) is 8.78 Å². The molecule has 0 aliphatic carbocycles. The third kappa shape index (κ3) is 3.77. The summed E-state index contributed by atoms with van der Waals surface area (Å²) in [5.41, 5.74) is 3.52. The molecule has 1 unspecified atom stereocenters. The fourth-order valence-electron chi connectivity index (χ4n) is 2.96. The Morgan fingerprint density at radius 1 is 1.04 bits per heavy atom. The zero-order chi connectivity index (χ0) is 17.2. The van der Waals surface area contributed by atoms with E-state index in [0.717, 1.165) is 30.3 Å². The number of morpholine rings is 1. The summed E-state index contributed by atoms with van der Waals surface area (Å²) in [6.07, 6.45) is 0.0610. The lowest BCUT2D eigenvalue weighted by molar-refractivity contribution is 0.0277. The Morgan fingerprint density at radius 2 is 1.85 bits per heavy atom. The van der Waals surface area contributed by atoms with Crippen molar-refractivity contribution in [3.8, 4) is 22.5 Å². The van der Waals surface area contributed by atoms with Gasteiger partial charge in [0.1, 0.15) is 11.6 Å². The summed E-state index contributed by atoms with van der Waals surface area (Å²) < 4.78 is 32.7. The molecule has 1 saturated heterocycles. The maximum absolute atomic E-state index is 13.9. The molecule has 0 radical (unpaired) electrons. The highest BCUT2D eigenvalue weighted by molar-refractivity contribution is 5.85. The number of nitrogens with zero attached hydrogens (tertiary/aromatic N) is 1. The van der Waals surface area contributed by atoms with Gasteiger partial charge in [-0.2, -0.15) is 5.10 Å². The van der Waals surface area contributed by atoms with Crippen LogP contribution in [0.4, 0.5) is 8.78 Å². The molecule has 1 aliphatic heterocycles. The van der Waals surface area contributed by atoms with Crippen LogP contribution in [0.1, 0.15) is 11.7 Å². The highest BCUT2D eigenvalue weighted by atomic mass is 35.5. The molecule has 1 atom stereocenters. The molecule has 4 nitrogen and oxygen atoms in total. The quantitative estimate of drug-likeness (QED) is 0.722. The van der Waals surface area contributed by atoms with Gasteiger partial charge < -0.3 is 10.1 Å². The van der Waals surface area contributed by atoms with Crippen molar-refractivity contribution in [3.63, 3.8) is 0 Å². The standard InChI is InChI=1S/C19H17F2N3O.ClH/c20-14-5-6-15(16(21)9-14)18-10-17(23-24-18)12-1-3-13(4-2-12)19-11-22-7-8-25-19;/h1-6,9-10,19,22H,7-8,11H2,(H,23,24);1H. The zero-order valence-corrected chi connectivity index (χ0v) is 14.7. The van der Waals surface area contributed by atoms with E-state index in [1.807, 2.05) is 24.3 Å². The maximum Gasteiger partial charge on any atom is 0.135 e. The number of nitrogens with one attached hydrogen (secondary N) is 2. The van der Waals surface area contributed by atoms with Crippen LogP contribution in [0.15, 0.2) is 48.5 Å². The smallest absolute Gasteiger partial charge is 0.135 e. The third-order valence-electron chi connectivity index (χ3n) is 4.31. The van der Waals surface area contributed by atoms with Crippen molar-refractivity contribution in [2.45, 2.75) is 6.10 Å². The van der Waals surface area contributed by atoms with Gasteiger partial charge in [-0.15, -0.1) is 12.4 Å². The monoisotopic (exact) mass is 377 g/mol. The summed E-state index contributed by atoms with van der Waals surface area (Å²) in [7, 11) is 0. The summed E-state index contributed by atoms with van der Waals surface area (Å²) in [5, 5.41) is 10.4. The van der Waals surface area contributed by atoms with Crippen molar-refractivity contribution in [2.75, 3.05) is 19.7 Å². The minimum atomic E-state index is -0.618. The van der Waals surface area contributed by atoms with Gasteiger partial charge in [-0.3, -0.25) is 5.10 Å². The van der Waals surface area contributed by atoms with Crippen molar-refractivity contribution in [2.24, 2.45) is 0 Å². The Morgan fingerprint density at radius 3 is 2.54 bits per heavy atom. The largest absolute Gasteiger partial charge is 0.371 e. The van der Waals surface area contributed by atoms with Crippen molar-refractivity contribution >= 4 is 12.4 Å². The number of aromatic amines is 1. The zero-order valence-electron chi connectivity index (χ0n) is 13.8. The van der Waals surface area contributed by atoms with Gasteiger partial charge >= 0.3 is 0 Å². The first-order chi connectivity index (χ1) is 12.2. The molecule has 0 bridgehead atoms. The topological polar surface area (TPSA) is 49.9 Å². The van der Waals surface area contributed by atoms with Gasteiger partial charge in [0, 0.05) is 30.3 Å². The molecule has 7 heteroatoms. The molecule has 3 aromatic rings. The fraction of sp³-hybridized carbons (Fsp3) is 0.211. The first-order valence-corrected chi connectivity index (χ1v) is 8.14. The van der Waals surface area contributed by atoms with E-state index >= 15 is 0 Å². The van der Waals surface area contributed by atoms with E-state index in [4.69, 9.17) is 4.74 Å². The molecule has 0 saturated carbocycles. The molecule has 2 aromatic carbocycles. The second kappa shape index (κ2) is 7.95. The van der Waals surface area contributed by atoms with Crippen LogP contribution in [-0.4, -0.2) is 29.9 Å². The van der Waals surface area contributed by atoms with Gasteiger partial charge in [-0.05, 0) is 23.8 Å². The number of rotatable bonds is 3. The molecule has 0 amide bonds. The number of aromatic nitrogens is 2. The molecule has 4 rings (SSSR count). The number of H-pyrrole nitrogens is 1. The van der Waals surface area contributed by atoms with E-state index in [1.54, 1.807) is 6.07 Å². The summed E-state index contributed by atoms with van der Waals surface area (Å²) in [4.78, 5) is 0. The Kier molecular flexibility index (Phi) is 5.66. The van der Waals surface area contributed by atoms with E-state index in [2.05, 4.69) is 15.5 Å². The van der Waals surface area contributed by atoms with Gasteiger partial charge in [0.05, 0.1) is 24.1 Å². The van der Waals surface area contributed by atoms with Crippen LogP contribution in [0, 0.1) is 11.6 Å². The SMILES string of the molecule is Cl.Fc1ccc(-c2cc(-c3ccc(C4CNCCO4)cc3)n[nH]2)c(F)c1. The molecule has 2 N–H and O–H groups in total. The van der Waals surface area contributed by atoms with Crippen molar-refractivity contribution in [1.82, 2.24) is 15.5 Å². The second-order valence-corrected chi connectivity index (χ2v) is 5.98. The first-order valence-electron chi connectivity index (χ1n) is 8.14. The van der Waals surface area contributed by atoms with E-state index < -0.39 is 11.6 Å². The molecular weight excluding hydrogens is 360 g/mol. The first kappa shape index (κ1) is 18.5. The molecule has 1 fully saturated rings. The minimum absolute atomic E-state index is 0. The number of benzene rings is 2. The van der Waals surface area contributed by atoms with Crippen LogP contribution in [-0.2, 0) is 4.74 Å². The highest BCUT2D eigenvalue weighted by Crippen LogP contribution is 2.27. The summed E-state index contributed by atoms with van der Waals surface area (Å²) in [6.45, 7) is 2.39. The lowest BCUT2D eigenvalue weighted by Gasteiger charge is -2.24. The molecule has 1 aromatic heterocycles. The van der Waals surface area contributed by atoms with E-state index in [-0.39, 0.29) is 18.5 Å². The molecular formula is C19H18ClF2N3O. The molecule has 1 aliphatic rings. The Labute approximate surface area is 156 Å². The van der Waals surface area contributed by atoms with Crippen LogP contribution in [0.25, 0.3) is 22.5 Å². The molecule has 2 heterocycles. The predicted molar refractivity (Wildman–Crippen MR) is 98.2 cm³/mol. The van der Waals surface area contributed by atoms with Gasteiger partial charge in [0.15, 0.2) is 0 Å². The summed E-state index contributed by atoms with van der Waals surface area (Å²) >= 11 is 0. The highest BCUT2D eigenvalue weighted by Gasteiger charge is 2.16. The van der Waals surface area contributed by atoms with Crippen molar-refractivity contribution in [3.05, 3.63) is 65.7 Å². The summed E-state index contributed by atoms with van der Waals surface area (Å²) in [6, 6.07) is 13.2. The Balaban J connectivity index is 0.00000196. The normalized spacial score (nSPS) is 16.9. The number of ether oxygens (including phenoxy) is 1. The average molecular weight is 378 g/mol. The minimum Gasteiger partial charge on any atom is -0.371 e. The third-order valence-corrected chi connectivity index (χ3v) is 4.31. The van der Waals surface area contributed by atoms with Crippen LogP contribution in [0.5, 0.6) is 0 Å². The van der Waals surface area contributed by atoms with Gasteiger partial charge in [0.25, 0.3) is 0 Å². The lowest BCUT2D eigenvalue weighted by atomic mass is 10.0. The van der Waals surface area contributed by atoms with E-state index in [9.17, 15) is 8.78 Å². The Bertz CT molecular complexity index is 877. The van der Waals surface area contributed by atoms with Crippen LogP contribution < -0.4 is 5.32 Å². The van der Waals surface area contributed by atoms with E-state index in [0.29, 0.717) is 23.6 Å². The summed E-state index contributed by atoms with van der Waals surface area (Å²) in [5.74, 6) is -1.22. The predicted octanol–water partition coefficient (Wildman–Crippen LogP) is 4.10. The molecule has 136 valence electrons. The van der Waals surface area contributed by atoms with Crippen LogP contribution >= 0.6 is 12.4 Å².